The number of amides is 1. The van der Waals surface area contributed by atoms with Gasteiger partial charge in [0.25, 0.3) is 0 Å². The highest BCUT2D eigenvalue weighted by molar-refractivity contribution is 5.80. The number of rotatable bonds is 0. The van der Waals surface area contributed by atoms with Gasteiger partial charge in [-0.3, -0.25) is 10.1 Å². The van der Waals surface area contributed by atoms with E-state index in [-0.39, 0.29) is 11.8 Å². The minimum Gasteiger partial charge on any atom is -0.343 e. The largest absolute Gasteiger partial charge is 0.343 e. The molecule has 0 bridgehead atoms. The van der Waals surface area contributed by atoms with Gasteiger partial charge >= 0.3 is 0 Å². The van der Waals surface area contributed by atoms with E-state index in [0.29, 0.717) is 12.7 Å². The Kier molecular flexibility index (Phi) is 1.38. The van der Waals surface area contributed by atoms with Crippen LogP contribution in [0.1, 0.15) is 19.3 Å². The van der Waals surface area contributed by atoms with Crippen molar-refractivity contribution >= 4 is 5.91 Å². The molecule has 0 radical (unpaired) electrons. The Morgan fingerprint density at radius 3 is 3.10 bits per heavy atom. The van der Waals surface area contributed by atoms with E-state index in [4.69, 9.17) is 0 Å². The molecule has 2 rings (SSSR count). The molecule has 2 atom stereocenters. The van der Waals surface area contributed by atoms with Crippen LogP contribution >= 0.6 is 0 Å². The quantitative estimate of drug-likeness (QED) is 0.490. The van der Waals surface area contributed by atoms with E-state index < -0.39 is 0 Å². The molecule has 1 saturated heterocycles. The summed E-state index contributed by atoms with van der Waals surface area (Å²) >= 11 is 0. The molecule has 3 heteroatoms. The minimum atomic E-state index is 0.251. The van der Waals surface area contributed by atoms with Gasteiger partial charge in [-0.05, 0) is 12.8 Å². The van der Waals surface area contributed by atoms with Crippen LogP contribution in [0.4, 0.5) is 0 Å². The first-order chi connectivity index (χ1) is 4.88. The standard InChI is InChI=1S/C7H12N2O/c10-7-5-2-1-3-6(5)8-4-9-7/h5-6,8H,1-4H2,(H,9,10). The van der Waals surface area contributed by atoms with Gasteiger partial charge < -0.3 is 5.32 Å². The van der Waals surface area contributed by atoms with Gasteiger partial charge in [0, 0.05) is 6.04 Å². The van der Waals surface area contributed by atoms with Gasteiger partial charge in [0.05, 0.1) is 12.6 Å². The van der Waals surface area contributed by atoms with Crippen LogP contribution in [0.5, 0.6) is 0 Å². The van der Waals surface area contributed by atoms with Crippen molar-refractivity contribution in [3.05, 3.63) is 0 Å². The zero-order valence-electron chi connectivity index (χ0n) is 5.89. The molecule has 0 spiro atoms. The van der Waals surface area contributed by atoms with Crippen LogP contribution in [0, 0.1) is 5.92 Å². The number of fused-ring (bicyclic) bond motifs is 1. The number of carbonyl (C=O) groups is 1. The van der Waals surface area contributed by atoms with E-state index in [9.17, 15) is 4.79 Å². The van der Waals surface area contributed by atoms with Crippen LogP contribution < -0.4 is 10.6 Å². The van der Waals surface area contributed by atoms with E-state index in [2.05, 4.69) is 10.6 Å². The summed E-state index contributed by atoms with van der Waals surface area (Å²) in [5.41, 5.74) is 0. The summed E-state index contributed by atoms with van der Waals surface area (Å²) < 4.78 is 0. The van der Waals surface area contributed by atoms with E-state index in [1.165, 1.54) is 12.8 Å². The van der Waals surface area contributed by atoms with Crippen molar-refractivity contribution < 1.29 is 4.79 Å². The Hall–Kier alpha value is -0.570. The Balaban J connectivity index is 2.10. The minimum absolute atomic E-state index is 0.251. The Bertz CT molecular complexity index is 158. The second-order valence-electron chi connectivity index (χ2n) is 3.07. The lowest BCUT2D eigenvalue weighted by atomic mass is 10.0. The van der Waals surface area contributed by atoms with E-state index in [1.54, 1.807) is 0 Å². The van der Waals surface area contributed by atoms with Gasteiger partial charge in [0.1, 0.15) is 0 Å². The molecule has 0 aromatic rings. The number of nitrogens with one attached hydrogen (secondary N) is 2. The van der Waals surface area contributed by atoms with Crippen LogP contribution in [-0.2, 0) is 4.79 Å². The fourth-order valence-electron chi connectivity index (χ4n) is 1.92. The third-order valence-electron chi connectivity index (χ3n) is 2.48. The summed E-state index contributed by atoms with van der Waals surface area (Å²) in [5.74, 6) is 0.523. The van der Waals surface area contributed by atoms with Crippen molar-refractivity contribution in [3.8, 4) is 0 Å². The van der Waals surface area contributed by atoms with E-state index in [1.807, 2.05) is 0 Å². The summed E-state index contributed by atoms with van der Waals surface area (Å²) in [6.07, 6.45) is 3.46. The van der Waals surface area contributed by atoms with Crippen molar-refractivity contribution in [3.63, 3.8) is 0 Å². The molecular formula is C7H12N2O. The zero-order valence-corrected chi connectivity index (χ0v) is 5.89. The van der Waals surface area contributed by atoms with Gasteiger partial charge in [0.2, 0.25) is 5.91 Å². The highest BCUT2D eigenvalue weighted by atomic mass is 16.2. The molecule has 2 fully saturated rings. The van der Waals surface area contributed by atoms with Crippen LogP contribution in [0.15, 0.2) is 0 Å². The molecule has 3 nitrogen and oxygen atoms in total. The highest BCUT2D eigenvalue weighted by Gasteiger charge is 2.34. The maximum Gasteiger partial charge on any atom is 0.225 e. The Morgan fingerprint density at radius 2 is 2.30 bits per heavy atom. The van der Waals surface area contributed by atoms with Crippen molar-refractivity contribution in [2.24, 2.45) is 5.92 Å². The third-order valence-corrected chi connectivity index (χ3v) is 2.48. The van der Waals surface area contributed by atoms with Gasteiger partial charge in [-0.15, -0.1) is 0 Å². The fraction of sp³-hybridized carbons (Fsp3) is 0.857. The lowest BCUT2D eigenvalue weighted by molar-refractivity contribution is -0.127. The van der Waals surface area contributed by atoms with Gasteiger partial charge in [-0.2, -0.15) is 0 Å². The zero-order chi connectivity index (χ0) is 6.97. The van der Waals surface area contributed by atoms with Gasteiger partial charge in [-0.1, -0.05) is 6.42 Å². The molecule has 10 heavy (non-hydrogen) atoms. The first-order valence-electron chi connectivity index (χ1n) is 3.89. The Labute approximate surface area is 60.2 Å². The first kappa shape index (κ1) is 6.16. The Morgan fingerprint density at radius 1 is 1.40 bits per heavy atom. The molecule has 2 N–H and O–H groups in total. The van der Waals surface area contributed by atoms with E-state index in [0.717, 1.165) is 6.42 Å². The van der Waals surface area contributed by atoms with Crippen LogP contribution in [0.25, 0.3) is 0 Å². The summed E-state index contributed by atoms with van der Waals surface area (Å²) in [7, 11) is 0. The number of carbonyl (C=O) groups excluding carboxylic acids is 1. The van der Waals surface area contributed by atoms with Crippen molar-refractivity contribution in [2.45, 2.75) is 25.3 Å². The van der Waals surface area contributed by atoms with Gasteiger partial charge in [0.15, 0.2) is 0 Å². The normalized spacial score (nSPS) is 39.0. The van der Waals surface area contributed by atoms with Crippen LogP contribution in [0.2, 0.25) is 0 Å². The van der Waals surface area contributed by atoms with Crippen molar-refractivity contribution in [2.75, 3.05) is 6.67 Å². The van der Waals surface area contributed by atoms with Crippen molar-refractivity contribution in [1.82, 2.24) is 10.6 Å². The number of hydrogen-bond donors (Lipinski definition) is 2. The average Bonchev–Trinajstić information content (AvgIpc) is 2.36. The van der Waals surface area contributed by atoms with Crippen LogP contribution in [0.3, 0.4) is 0 Å². The molecule has 0 aromatic carbocycles. The van der Waals surface area contributed by atoms with E-state index >= 15 is 0 Å². The molecule has 1 amide bonds. The number of hydrogen-bond acceptors (Lipinski definition) is 2. The topological polar surface area (TPSA) is 41.1 Å². The molecule has 2 unspecified atom stereocenters. The molecule has 2 aliphatic rings. The molecule has 1 aliphatic heterocycles. The predicted molar refractivity (Wildman–Crippen MR) is 37.3 cm³/mol. The smallest absolute Gasteiger partial charge is 0.225 e. The second-order valence-corrected chi connectivity index (χ2v) is 3.07. The molecule has 0 aromatic heterocycles. The predicted octanol–water partition coefficient (Wildman–Crippen LogP) is -0.168. The molecule has 1 saturated carbocycles. The summed E-state index contributed by atoms with van der Waals surface area (Å²) in [6.45, 7) is 0.667. The second kappa shape index (κ2) is 2.23. The van der Waals surface area contributed by atoms with Crippen molar-refractivity contribution in [1.29, 1.82) is 0 Å². The molecule has 1 aliphatic carbocycles. The lowest BCUT2D eigenvalue weighted by Gasteiger charge is -2.26. The first-order valence-corrected chi connectivity index (χ1v) is 3.89. The van der Waals surface area contributed by atoms with Crippen LogP contribution in [-0.4, -0.2) is 18.6 Å². The summed E-state index contributed by atoms with van der Waals surface area (Å²) in [5, 5.41) is 6.08. The molecule has 1 heterocycles. The SMILES string of the molecule is O=C1NCNC2CCCC12. The average molecular weight is 140 g/mol. The lowest BCUT2D eigenvalue weighted by Crippen LogP contribution is -2.52. The monoisotopic (exact) mass is 140 g/mol. The maximum atomic E-state index is 11.1. The third kappa shape index (κ3) is 0.814. The summed E-state index contributed by atoms with van der Waals surface area (Å²) in [4.78, 5) is 11.1. The van der Waals surface area contributed by atoms with Gasteiger partial charge in [-0.25, -0.2) is 0 Å². The highest BCUT2D eigenvalue weighted by Crippen LogP contribution is 2.26. The molecule has 56 valence electrons. The fourth-order valence-corrected chi connectivity index (χ4v) is 1.92. The summed E-state index contributed by atoms with van der Waals surface area (Å²) in [6, 6.07) is 0.480. The molecular weight excluding hydrogens is 128 g/mol. The maximum absolute atomic E-state index is 11.1.